The summed E-state index contributed by atoms with van der Waals surface area (Å²) < 4.78 is 3.83. The first kappa shape index (κ1) is 26.6. The molecule has 0 bridgehead atoms. The molecule has 1 aliphatic carbocycles. The molecule has 218 valence electrons. The van der Waals surface area contributed by atoms with Crippen LogP contribution in [0.15, 0.2) is 161 Å². The van der Waals surface area contributed by atoms with Crippen molar-refractivity contribution in [2.45, 2.75) is 22.6 Å². The number of hydrogen-bond acceptors (Lipinski definition) is 2. The molecule has 0 saturated heterocycles. The Morgan fingerprint density at radius 2 is 1.15 bits per heavy atom. The molecule has 1 aliphatic heterocycles. The molecule has 4 heteroatoms. The number of hydrogen-bond donors (Lipinski definition) is 0. The second-order valence-electron chi connectivity index (χ2n) is 12.4. The second kappa shape index (κ2) is 10.2. The topological polar surface area (TPSA) is 4.93 Å². The Morgan fingerprint density at radius 3 is 1.85 bits per heavy atom. The fourth-order valence-corrected chi connectivity index (χ4v) is 16.6. The van der Waals surface area contributed by atoms with Gasteiger partial charge in [0.2, 0.25) is 0 Å². The number of rotatable bonds is 3. The summed E-state index contributed by atoms with van der Waals surface area (Å²) in [6, 6.07) is 54.7. The average molecular weight is 640 g/mol. The number of aromatic nitrogens is 1. The van der Waals surface area contributed by atoms with Crippen LogP contribution >= 0.6 is 23.1 Å². The summed E-state index contributed by atoms with van der Waals surface area (Å²) in [4.78, 5) is 4.33. The first-order valence-electron chi connectivity index (χ1n) is 16.0. The van der Waals surface area contributed by atoms with Gasteiger partial charge >= 0.3 is 0 Å². The summed E-state index contributed by atoms with van der Waals surface area (Å²) in [6.07, 6.45) is 4.81. The summed E-state index contributed by atoms with van der Waals surface area (Å²) in [6.45, 7) is 0. The van der Waals surface area contributed by atoms with Crippen molar-refractivity contribution in [1.29, 1.82) is 0 Å². The maximum atomic E-state index is 2.64. The number of allylic oxidation sites excluding steroid dienone is 1. The zero-order valence-electron chi connectivity index (χ0n) is 25.1. The molecule has 2 aromatic heterocycles. The summed E-state index contributed by atoms with van der Waals surface area (Å²) in [5.74, 6) is 0. The Labute approximate surface area is 277 Å². The Balaban J connectivity index is 1.24. The Morgan fingerprint density at radius 1 is 0.543 bits per heavy atom. The Kier molecular flexibility index (Phi) is 5.89. The SMILES string of the molecule is C1=C([Si]2(c3ccccc3)c3ccccc3Sc3ccccc32)CCc2sc3ccc(-n4c5ccccc5c5ccccc54)cc3c21. The lowest BCUT2D eigenvalue weighted by molar-refractivity contribution is 0.990. The predicted molar refractivity (Wildman–Crippen MR) is 201 cm³/mol. The highest BCUT2D eigenvalue weighted by molar-refractivity contribution is 8.00. The summed E-state index contributed by atoms with van der Waals surface area (Å²) >= 11 is 3.93. The molecule has 0 atom stereocenters. The largest absolute Gasteiger partial charge is 0.309 e. The number of thiophene rings is 1. The van der Waals surface area contributed by atoms with Crippen molar-refractivity contribution >= 4 is 84.7 Å². The molecule has 0 fully saturated rings. The van der Waals surface area contributed by atoms with E-state index in [9.17, 15) is 0 Å². The van der Waals surface area contributed by atoms with Crippen LogP contribution in [-0.4, -0.2) is 12.6 Å². The van der Waals surface area contributed by atoms with Gasteiger partial charge < -0.3 is 4.57 Å². The molecule has 8 aromatic rings. The van der Waals surface area contributed by atoms with Crippen LogP contribution in [0.1, 0.15) is 16.9 Å². The maximum Gasteiger partial charge on any atom is 0.177 e. The van der Waals surface area contributed by atoms with E-state index in [0.717, 1.165) is 12.8 Å². The molecule has 0 N–H and O–H groups in total. The van der Waals surface area contributed by atoms with Gasteiger partial charge in [0.1, 0.15) is 0 Å². The zero-order chi connectivity index (χ0) is 30.2. The number of aryl methyl sites for hydroxylation is 1. The van der Waals surface area contributed by atoms with Gasteiger partial charge in [0.15, 0.2) is 8.07 Å². The Hall–Kier alpha value is -4.61. The summed E-state index contributed by atoms with van der Waals surface area (Å²) in [5, 5.41) is 10.1. The van der Waals surface area contributed by atoms with E-state index >= 15 is 0 Å². The van der Waals surface area contributed by atoms with Gasteiger partial charge in [-0.1, -0.05) is 126 Å². The second-order valence-corrected chi connectivity index (χ2v) is 18.4. The lowest BCUT2D eigenvalue weighted by atomic mass is 10.0. The van der Waals surface area contributed by atoms with E-state index < -0.39 is 8.07 Å². The molecule has 46 heavy (non-hydrogen) atoms. The fourth-order valence-electron chi connectivity index (χ4n) is 8.15. The van der Waals surface area contributed by atoms with Gasteiger partial charge in [-0.15, -0.1) is 11.3 Å². The number of nitrogens with zero attached hydrogens (tertiary/aromatic N) is 1. The van der Waals surface area contributed by atoms with Crippen molar-refractivity contribution in [3.63, 3.8) is 0 Å². The Bertz CT molecular complexity index is 2420. The third-order valence-corrected chi connectivity index (χ3v) is 17.9. The minimum absolute atomic E-state index is 1.09. The molecular formula is C42H29NS2Si. The van der Waals surface area contributed by atoms with Crippen LogP contribution in [0, 0.1) is 0 Å². The molecule has 0 unspecified atom stereocenters. The van der Waals surface area contributed by atoms with E-state index in [1.807, 2.05) is 23.1 Å². The summed E-state index contributed by atoms with van der Waals surface area (Å²) in [5.41, 5.74) is 5.17. The van der Waals surface area contributed by atoms with E-state index in [4.69, 9.17) is 0 Å². The highest BCUT2D eigenvalue weighted by Gasteiger charge is 2.48. The van der Waals surface area contributed by atoms with Crippen LogP contribution in [0.3, 0.4) is 0 Å². The van der Waals surface area contributed by atoms with E-state index in [1.165, 1.54) is 73.4 Å². The van der Waals surface area contributed by atoms with Gasteiger partial charge in [0.25, 0.3) is 0 Å². The standard InChI is InChI=1S/C42H29NS2Si/c1-2-12-29(13-3-1)46(41-20-10-8-18-39(41)45-40-19-9-11-21-42(40)46)30-23-25-38-34(27-30)33-26-28(22-24-37(33)44-38)43-35-16-6-4-14-31(35)32-15-5-7-17-36(32)43/h1-22,24,26-27H,23,25H2. The van der Waals surface area contributed by atoms with Crippen LogP contribution in [-0.2, 0) is 6.42 Å². The van der Waals surface area contributed by atoms with Crippen LogP contribution < -0.4 is 15.6 Å². The van der Waals surface area contributed by atoms with Crippen LogP contribution in [0.25, 0.3) is 43.7 Å². The number of fused-ring (bicyclic) bond motifs is 8. The van der Waals surface area contributed by atoms with E-state index in [2.05, 4.69) is 156 Å². The number of benzene rings is 6. The van der Waals surface area contributed by atoms with Crippen molar-refractivity contribution < 1.29 is 0 Å². The van der Waals surface area contributed by atoms with E-state index in [-0.39, 0.29) is 0 Å². The fraction of sp³-hybridized carbons (Fsp3) is 0.0476. The van der Waals surface area contributed by atoms with Crippen molar-refractivity contribution in [3.8, 4) is 5.69 Å². The molecule has 0 saturated carbocycles. The van der Waals surface area contributed by atoms with E-state index in [0.29, 0.717) is 0 Å². The lowest BCUT2D eigenvalue weighted by Gasteiger charge is -2.42. The molecule has 10 rings (SSSR count). The molecule has 0 amide bonds. The van der Waals surface area contributed by atoms with Gasteiger partial charge in [0.05, 0.1) is 11.0 Å². The van der Waals surface area contributed by atoms with Crippen molar-refractivity contribution in [2.24, 2.45) is 0 Å². The van der Waals surface area contributed by atoms with E-state index in [1.54, 1.807) is 5.20 Å². The molecular weight excluding hydrogens is 611 g/mol. The number of para-hydroxylation sites is 2. The lowest BCUT2D eigenvalue weighted by Crippen LogP contribution is -2.70. The third-order valence-electron chi connectivity index (χ3n) is 10.1. The molecule has 3 heterocycles. The van der Waals surface area contributed by atoms with Crippen LogP contribution in [0.4, 0.5) is 0 Å². The van der Waals surface area contributed by atoms with Crippen molar-refractivity contribution in [3.05, 3.63) is 161 Å². The monoisotopic (exact) mass is 639 g/mol. The smallest absolute Gasteiger partial charge is 0.177 e. The molecule has 2 aliphatic rings. The molecule has 0 radical (unpaired) electrons. The van der Waals surface area contributed by atoms with Crippen molar-refractivity contribution in [2.75, 3.05) is 0 Å². The molecule has 1 nitrogen and oxygen atoms in total. The maximum absolute atomic E-state index is 2.64. The quantitative estimate of drug-likeness (QED) is 0.174. The highest BCUT2D eigenvalue weighted by Crippen LogP contribution is 2.43. The average Bonchev–Trinajstić information content (AvgIpc) is 3.66. The highest BCUT2D eigenvalue weighted by atomic mass is 32.2. The van der Waals surface area contributed by atoms with Crippen molar-refractivity contribution in [1.82, 2.24) is 4.57 Å². The minimum Gasteiger partial charge on any atom is -0.309 e. The van der Waals surface area contributed by atoms with Crippen LogP contribution in [0.2, 0.25) is 0 Å². The predicted octanol–water partition coefficient (Wildman–Crippen LogP) is 9.50. The first-order chi connectivity index (χ1) is 22.8. The normalized spacial score (nSPS) is 15.0. The zero-order valence-corrected chi connectivity index (χ0v) is 27.7. The van der Waals surface area contributed by atoms with Gasteiger partial charge in [-0.3, -0.25) is 0 Å². The first-order valence-corrected chi connectivity index (χ1v) is 19.6. The van der Waals surface area contributed by atoms with Gasteiger partial charge in [-0.25, -0.2) is 0 Å². The van der Waals surface area contributed by atoms with Gasteiger partial charge in [-0.05, 0) is 76.4 Å². The molecule has 0 spiro atoms. The third kappa shape index (κ3) is 3.69. The summed E-state index contributed by atoms with van der Waals surface area (Å²) in [7, 11) is -2.53. The van der Waals surface area contributed by atoms with Gasteiger partial charge in [0, 0.05) is 41.2 Å². The van der Waals surface area contributed by atoms with Gasteiger partial charge in [-0.2, -0.15) is 0 Å². The van der Waals surface area contributed by atoms with Crippen LogP contribution in [0.5, 0.6) is 0 Å². The molecule has 6 aromatic carbocycles. The minimum atomic E-state index is -2.53.